The average molecular weight is 426 g/mol. The molecule has 0 saturated heterocycles. The molecule has 0 spiro atoms. The van der Waals surface area contributed by atoms with E-state index in [1.807, 2.05) is 31.2 Å². The van der Waals surface area contributed by atoms with Crippen molar-refractivity contribution in [3.63, 3.8) is 0 Å². The Hall–Kier alpha value is -2.80. The van der Waals surface area contributed by atoms with Crippen LogP contribution in [0, 0.1) is 5.92 Å². The molecule has 6 nitrogen and oxygen atoms in total. The molecule has 0 radical (unpaired) electrons. The van der Waals surface area contributed by atoms with E-state index < -0.39 is 5.91 Å². The van der Waals surface area contributed by atoms with Crippen LogP contribution in [0.2, 0.25) is 0 Å². The number of anilines is 2. The molecule has 3 amide bonds. The Kier molecular flexibility index (Phi) is 7.52. The van der Waals surface area contributed by atoms with Gasteiger partial charge < -0.3 is 16.4 Å². The van der Waals surface area contributed by atoms with Gasteiger partial charge in [-0.3, -0.25) is 14.4 Å². The minimum atomic E-state index is -0.504. The van der Waals surface area contributed by atoms with Crippen LogP contribution in [0.5, 0.6) is 0 Å². The molecule has 2 aromatic rings. The number of carbonyl (C=O) groups excluding carboxylic acids is 3. The molecule has 1 unspecified atom stereocenters. The molecule has 3 rings (SSSR count). The minimum absolute atomic E-state index is 0.102. The smallest absolute Gasteiger partial charge is 0.248 e. The van der Waals surface area contributed by atoms with Crippen LogP contribution < -0.4 is 16.4 Å². The number of nitrogens with two attached hydrogens (primary N) is 1. The van der Waals surface area contributed by atoms with E-state index in [0.717, 1.165) is 36.3 Å². The summed E-state index contributed by atoms with van der Waals surface area (Å²) in [4.78, 5) is 36.9. The molecule has 4 N–H and O–H groups in total. The Morgan fingerprint density at radius 3 is 2.07 bits per heavy atom. The maximum absolute atomic E-state index is 12.4. The standard InChI is InChI=1S/C23H27N3O3S/c1-15(22(28)25-18-9-7-16(8-10-18)21(24)27)30-20-13-11-19(12-14-20)26-23(29)17-5-3-2-4-6-17/h7-15,17H,2-6H2,1H3,(H2,24,27)(H,25,28)(H,26,29). The number of hydrogen-bond acceptors (Lipinski definition) is 4. The van der Waals surface area contributed by atoms with Crippen molar-refractivity contribution < 1.29 is 14.4 Å². The number of hydrogen-bond donors (Lipinski definition) is 3. The number of rotatable bonds is 7. The van der Waals surface area contributed by atoms with E-state index >= 15 is 0 Å². The summed E-state index contributed by atoms with van der Waals surface area (Å²) in [5.41, 5.74) is 7.00. The first-order valence-corrected chi connectivity index (χ1v) is 11.1. The van der Waals surface area contributed by atoms with Gasteiger partial charge in [0.2, 0.25) is 17.7 Å². The number of primary amides is 1. The van der Waals surface area contributed by atoms with Crippen LogP contribution in [0.1, 0.15) is 49.4 Å². The first-order valence-electron chi connectivity index (χ1n) is 10.2. The van der Waals surface area contributed by atoms with Crippen LogP contribution in [0.4, 0.5) is 11.4 Å². The summed E-state index contributed by atoms with van der Waals surface area (Å²) in [5.74, 6) is -0.421. The second kappa shape index (κ2) is 10.3. The molecule has 1 aliphatic rings. The van der Waals surface area contributed by atoms with Gasteiger partial charge in [-0.15, -0.1) is 11.8 Å². The lowest BCUT2D eigenvalue weighted by atomic mass is 9.88. The van der Waals surface area contributed by atoms with Crippen LogP contribution >= 0.6 is 11.8 Å². The monoisotopic (exact) mass is 425 g/mol. The maximum atomic E-state index is 12.4. The molecule has 1 atom stereocenters. The van der Waals surface area contributed by atoms with Gasteiger partial charge in [-0.05, 0) is 68.3 Å². The first-order chi connectivity index (χ1) is 14.4. The van der Waals surface area contributed by atoms with Gasteiger partial charge in [0.25, 0.3) is 0 Å². The molecular formula is C23H27N3O3S. The molecule has 0 heterocycles. The Labute approximate surface area is 181 Å². The lowest BCUT2D eigenvalue weighted by Gasteiger charge is -2.20. The second-order valence-electron chi connectivity index (χ2n) is 7.54. The van der Waals surface area contributed by atoms with Crippen molar-refractivity contribution in [1.82, 2.24) is 0 Å². The van der Waals surface area contributed by atoms with Crippen LogP contribution in [0.3, 0.4) is 0 Å². The Balaban J connectivity index is 1.50. The summed E-state index contributed by atoms with van der Waals surface area (Å²) in [6, 6.07) is 14.0. The maximum Gasteiger partial charge on any atom is 0.248 e. The molecule has 1 saturated carbocycles. The molecule has 2 aromatic carbocycles. The van der Waals surface area contributed by atoms with Crippen molar-refractivity contribution in [2.45, 2.75) is 49.2 Å². The summed E-state index contributed by atoms with van der Waals surface area (Å²) >= 11 is 1.44. The van der Waals surface area contributed by atoms with Crippen molar-refractivity contribution in [1.29, 1.82) is 0 Å². The van der Waals surface area contributed by atoms with E-state index in [1.54, 1.807) is 24.3 Å². The van der Waals surface area contributed by atoms with Gasteiger partial charge in [-0.25, -0.2) is 0 Å². The zero-order valence-electron chi connectivity index (χ0n) is 17.0. The quantitative estimate of drug-likeness (QED) is 0.571. The summed E-state index contributed by atoms with van der Waals surface area (Å²) in [6.45, 7) is 1.83. The third-order valence-electron chi connectivity index (χ3n) is 5.22. The largest absolute Gasteiger partial charge is 0.366 e. The van der Waals surface area contributed by atoms with E-state index in [9.17, 15) is 14.4 Å². The van der Waals surface area contributed by atoms with E-state index in [0.29, 0.717) is 11.3 Å². The highest BCUT2D eigenvalue weighted by atomic mass is 32.2. The van der Waals surface area contributed by atoms with Gasteiger partial charge in [0.15, 0.2) is 0 Å². The molecule has 158 valence electrons. The molecule has 0 aromatic heterocycles. The zero-order chi connectivity index (χ0) is 21.5. The van der Waals surface area contributed by atoms with Crippen LogP contribution in [-0.2, 0) is 9.59 Å². The van der Waals surface area contributed by atoms with Gasteiger partial charge in [0, 0.05) is 27.8 Å². The Morgan fingerprint density at radius 2 is 1.47 bits per heavy atom. The molecule has 0 aliphatic heterocycles. The third-order valence-corrected chi connectivity index (χ3v) is 6.33. The summed E-state index contributed by atoms with van der Waals surface area (Å²) < 4.78 is 0. The van der Waals surface area contributed by atoms with Crippen molar-refractivity contribution in [2.24, 2.45) is 11.7 Å². The normalized spacial score (nSPS) is 15.2. The molecule has 1 aliphatic carbocycles. The number of thioether (sulfide) groups is 1. The highest BCUT2D eigenvalue weighted by Gasteiger charge is 2.21. The number of amides is 3. The highest BCUT2D eigenvalue weighted by molar-refractivity contribution is 8.00. The predicted octanol–water partition coefficient (Wildman–Crippen LogP) is 4.42. The topological polar surface area (TPSA) is 101 Å². The lowest BCUT2D eigenvalue weighted by Crippen LogP contribution is -2.24. The van der Waals surface area contributed by atoms with Crippen molar-refractivity contribution in [3.8, 4) is 0 Å². The first kappa shape index (κ1) is 21.9. The van der Waals surface area contributed by atoms with E-state index in [2.05, 4.69) is 10.6 Å². The summed E-state index contributed by atoms with van der Waals surface area (Å²) in [7, 11) is 0. The van der Waals surface area contributed by atoms with E-state index in [4.69, 9.17) is 5.73 Å². The number of nitrogens with one attached hydrogen (secondary N) is 2. The van der Waals surface area contributed by atoms with Crippen molar-refractivity contribution in [3.05, 3.63) is 54.1 Å². The molecular weight excluding hydrogens is 398 g/mol. The predicted molar refractivity (Wildman–Crippen MR) is 121 cm³/mol. The fourth-order valence-electron chi connectivity index (χ4n) is 3.45. The minimum Gasteiger partial charge on any atom is -0.366 e. The molecule has 0 bridgehead atoms. The summed E-state index contributed by atoms with van der Waals surface area (Å²) in [5, 5.41) is 5.52. The number of carbonyl (C=O) groups is 3. The van der Waals surface area contributed by atoms with Crippen LogP contribution in [0.25, 0.3) is 0 Å². The van der Waals surface area contributed by atoms with Gasteiger partial charge in [-0.2, -0.15) is 0 Å². The second-order valence-corrected chi connectivity index (χ2v) is 8.95. The van der Waals surface area contributed by atoms with E-state index in [1.165, 1.54) is 18.2 Å². The Morgan fingerprint density at radius 1 is 0.900 bits per heavy atom. The lowest BCUT2D eigenvalue weighted by molar-refractivity contribution is -0.120. The van der Waals surface area contributed by atoms with Crippen LogP contribution in [0.15, 0.2) is 53.4 Å². The fourth-order valence-corrected chi connectivity index (χ4v) is 4.31. The molecule has 7 heteroatoms. The van der Waals surface area contributed by atoms with Crippen molar-refractivity contribution in [2.75, 3.05) is 10.6 Å². The molecule has 30 heavy (non-hydrogen) atoms. The Bertz CT molecular complexity index is 891. The van der Waals surface area contributed by atoms with Gasteiger partial charge in [0.1, 0.15) is 0 Å². The van der Waals surface area contributed by atoms with E-state index in [-0.39, 0.29) is 23.0 Å². The number of benzene rings is 2. The molecule has 1 fully saturated rings. The third kappa shape index (κ3) is 6.10. The van der Waals surface area contributed by atoms with Gasteiger partial charge in [-0.1, -0.05) is 19.3 Å². The van der Waals surface area contributed by atoms with Crippen molar-refractivity contribution >= 4 is 40.9 Å². The van der Waals surface area contributed by atoms with Crippen LogP contribution in [-0.4, -0.2) is 23.0 Å². The fraction of sp³-hybridized carbons (Fsp3) is 0.348. The SMILES string of the molecule is CC(Sc1ccc(NC(=O)C2CCCCC2)cc1)C(=O)Nc1ccc(C(N)=O)cc1. The average Bonchev–Trinajstić information content (AvgIpc) is 2.76. The van der Waals surface area contributed by atoms with Gasteiger partial charge >= 0.3 is 0 Å². The zero-order valence-corrected chi connectivity index (χ0v) is 17.8. The van der Waals surface area contributed by atoms with Gasteiger partial charge in [0.05, 0.1) is 5.25 Å². The summed E-state index contributed by atoms with van der Waals surface area (Å²) in [6.07, 6.45) is 5.42. The highest BCUT2D eigenvalue weighted by Crippen LogP contribution is 2.27.